The molecule has 1 N–H and O–H groups in total. The molecule has 0 atom stereocenters. The number of hydrogen-bond donors (Lipinski definition) is 1. The Morgan fingerprint density at radius 3 is 2.79 bits per heavy atom. The average Bonchev–Trinajstić information content (AvgIpc) is 3.05. The summed E-state index contributed by atoms with van der Waals surface area (Å²) in [6, 6.07) is 5.16. The molecule has 146 valence electrons. The SMILES string of the molecule is CCOc1ccc(NC(=O)c2cnn3c(C(F)F)cc(C)nc23)c([N+](=O)[O-])c1. The predicted octanol–water partition coefficient (Wildman–Crippen LogP) is 3.53. The highest BCUT2D eigenvalue weighted by Crippen LogP contribution is 2.30. The summed E-state index contributed by atoms with van der Waals surface area (Å²) in [5.74, 6) is -0.484. The van der Waals surface area contributed by atoms with Gasteiger partial charge in [-0.3, -0.25) is 14.9 Å². The standard InChI is InChI=1S/C17H15F2N5O4/c1-3-28-10-4-5-12(13(7-10)24(26)27)22-17(25)11-8-20-23-14(15(18)19)6-9(2)21-16(11)23/h4-8,15H,3H2,1-2H3,(H,22,25). The van der Waals surface area contributed by atoms with Crippen molar-refractivity contribution in [1.82, 2.24) is 14.6 Å². The van der Waals surface area contributed by atoms with Gasteiger partial charge in [0.15, 0.2) is 5.65 Å². The van der Waals surface area contributed by atoms with Crippen LogP contribution in [0.25, 0.3) is 5.65 Å². The number of benzene rings is 1. The van der Waals surface area contributed by atoms with Crippen molar-refractivity contribution >= 4 is 22.9 Å². The molecule has 0 saturated carbocycles. The number of fused-ring (bicyclic) bond motifs is 1. The van der Waals surface area contributed by atoms with Crippen LogP contribution in [0.5, 0.6) is 5.75 Å². The quantitative estimate of drug-likeness (QED) is 0.508. The highest BCUT2D eigenvalue weighted by molar-refractivity contribution is 6.09. The molecule has 0 saturated heterocycles. The maximum absolute atomic E-state index is 13.2. The van der Waals surface area contributed by atoms with Crippen LogP contribution in [0.4, 0.5) is 20.2 Å². The Morgan fingerprint density at radius 2 is 2.14 bits per heavy atom. The summed E-state index contributed by atoms with van der Waals surface area (Å²) >= 11 is 0. The summed E-state index contributed by atoms with van der Waals surface area (Å²) in [6.45, 7) is 3.57. The van der Waals surface area contributed by atoms with Gasteiger partial charge in [0, 0.05) is 5.69 Å². The third-order valence-corrected chi connectivity index (χ3v) is 3.82. The minimum atomic E-state index is -2.81. The average molecular weight is 391 g/mol. The lowest BCUT2D eigenvalue weighted by Crippen LogP contribution is -2.14. The van der Waals surface area contributed by atoms with Crippen molar-refractivity contribution in [1.29, 1.82) is 0 Å². The lowest BCUT2D eigenvalue weighted by atomic mass is 10.2. The van der Waals surface area contributed by atoms with E-state index in [0.717, 1.165) is 10.7 Å². The van der Waals surface area contributed by atoms with E-state index in [4.69, 9.17) is 4.74 Å². The Kier molecular flexibility index (Phi) is 5.16. The largest absolute Gasteiger partial charge is 0.494 e. The number of rotatable bonds is 6. The number of nitrogens with zero attached hydrogens (tertiary/aromatic N) is 4. The van der Waals surface area contributed by atoms with Crippen molar-refractivity contribution in [2.45, 2.75) is 20.3 Å². The van der Waals surface area contributed by atoms with E-state index in [1.165, 1.54) is 31.2 Å². The molecule has 3 rings (SSSR count). The molecule has 0 bridgehead atoms. The van der Waals surface area contributed by atoms with E-state index in [-0.39, 0.29) is 34.0 Å². The van der Waals surface area contributed by atoms with Gasteiger partial charge in [-0.2, -0.15) is 5.10 Å². The summed E-state index contributed by atoms with van der Waals surface area (Å²) in [7, 11) is 0. The minimum absolute atomic E-state index is 0.0682. The fourth-order valence-electron chi connectivity index (χ4n) is 2.64. The number of nitrogens with one attached hydrogen (secondary N) is 1. The Bertz CT molecular complexity index is 1070. The molecule has 0 unspecified atom stereocenters. The van der Waals surface area contributed by atoms with Crippen LogP contribution in [0.1, 0.15) is 35.1 Å². The number of aryl methyl sites for hydroxylation is 1. The second-order valence-electron chi connectivity index (χ2n) is 5.74. The molecule has 1 aromatic carbocycles. The van der Waals surface area contributed by atoms with Crippen molar-refractivity contribution in [2.24, 2.45) is 0 Å². The number of ether oxygens (including phenoxy) is 1. The van der Waals surface area contributed by atoms with Crippen LogP contribution in [0.15, 0.2) is 30.5 Å². The number of nitro benzene ring substituents is 1. The summed E-state index contributed by atoms with van der Waals surface area (Å²) in [4.78, 5) is 27.4. The molecule has 2 heterocycles. The van der Waals surface area contributed by atoms with Gasteiger partial charge in [0.2, 0.25) is 0 Å². The van der Waals surface area contributed by atoms with Crippen LogP contribution in [-0.4, -0.2) is 32.0 Å². The third kappa shape index (κ3) is 3.59. The number of hydrogen-bond acceptors (Lipinski definition) is 6. The molecule has 2 aromatic heterocycles. The first kappa shape index (κ1) is 19.1. The van der Waals surface area contributed by atoms with Gasteiger partial charge >= 0.3 is 0 Å². The van der Waals surface area contributed by atoms with Crippen LogP contribution in [0.2, 0.25) is 0 Å². The van der Waals surface area contributed by atoms with Crippen molar-refractivity contribution in [3.05, 3.63) is 57.5 Å². The number of alkyl halides is 2. The summed E-state index contributed by atoms with van der Waals surface area (Å²) < 4.78 is 32.5. The number of carbonyl (C=O) groups is 1. The van der Waals surface area contributed by atoms with Gasteiger partial charge < -0.3 is 10.1 Å². The number of nitro groups is 1. The van der Waals surface area contributed by atoms with Crippen molar-refractivity contribution in [3.8, 4) is 5.75 Å². The lowest BCUT2D eigenvalue weighted by Gasteiger charge is -2.08. The summed E-state index contributed by atoms with van der Waals surface area (Å²) in [6.07, 6.45) is -1.73. The zero-order chi connectivity index (χ0) is 20.4. The molecule has 3 aromatic rings. The molecule has 1 amide bonds. The first-order valence-electron chi connectivity index (χ1n) is 8.17. The monoisotopic (exact) mass is 391 g/mol. The molecule has 0 radical (unpaired) electrons. The molecule has 0 aliphatic rings. The van der Waals surface area contributed by atoms with E-state index >= 15 is 0 Å². The maximum atomic E-state index is 13.2. The van der Waals surface area contributed by atoms with Gasteiger partial charge in [0.1, 0.15) is 22.7 Å². The van der Waals surface area contributed by atoms with Crippen molar-refractivity contribution in [2.75, 3.05) is 11.9 Å². The molecular weight excluding hydrogens is 376 g/mol. The van der Waals surface area contributed by atoms with E-state index in [2.05, 4.69) is 15.4 Å². The van der Waals surface area contributed by atoms with E-state index in [9.17, 15) is 23.7 Å². The molecule has 9 nitrogen and oxygen atoms in total. The molecule has 0 aliphatic carbocycles. The number of anilines is 1. The zero-order valence-corrected chi connectivity index (χ0v) is 14.8. The molecular formula is C17H15F2N5O4. The normalized spacial score (nSPS) is 11.0. The smallest absolute Gasteiger partial charge is 0.296 e. The topological polar surface area (TPSA) is 112 Å². The molecule has 0 aliphatic heterocycles. The Labute approximate surface area is 157 Å². The van der Waals surface area contributed by atoms with Gasteiger partial charge in [-0.15, -0.1) is 0 Å². The predicted molar refractivity (Wildman–Crippen MR) is 94.9 cm³/mol. The Balaban J connectivity index is 1.99. The summed E-state index contributed by atoms with van der Waals surface area (Å²) in [5, 5.41) is 17.5. The molecule has 28 heavy (non-hydrogen) atoms. The maximum Gasteiger partial charge on any atom is 0.296 e. The van der Waals surface area contributed by atoms with Crippen LogP contribution < -0.4 is 10.1 Å². The number of halogens is 2. The molecule has 0 fully saturated rings. The van der Waals surface area contributed by atoms with Crippen LogP contribution >= 0.6 is 0 Å². The minimum Gasteiger partial charge on any atom is -0.494 e. The van der Waals surface area contributed by atoms with Crippen LogP contribution in [-0.2, 0) is 0 Å². The van der Waals surface area contributed by atoms with Gasteiger partial charge in [-0.05, 0) is 32.0 Å². The highest BCUT2D eigenvalue weighted by Gasteiger charge is 2.23. The molecule has 11 heteroatoms. The van der Waals surface area contributed by atoms with Crippen molar-refractivity contribution in [3.63, 3.8) is 0 Å². The Hall–Kier alpha value is -3.63. The van der Waals surface area contributed by atoms with E-state index < -0.39 is 22.9 Å². The fraction of sp³-hybridized carbons (Fsp3) is 0.235. The van der Waals surface area contributed by atoms with E-state index in [1.54, 1.807) is 6.92 Å². The van der Waals surface area contributed by atoms with Gasteiger partial charge in [-0.25, -0.2) is 18.3 Å². The fourth-order valence-corrected chi connectivity index (χ4v) is 2.64. The van der Waals surface area contributed by atoms with Gasteiger partial charge in [0.25, 0.3) is 18.0 Å². The van der Waals surface area contributed by atoms with Crippen LogP contribution in [0, 0.1) is 17.0 Å². The second kappa shape index (κ2) is 7.55. The zero-order valence-electron chi connectivity index (χ0n) is 14.8. The Morgan fingerprint density at radius 1 is 1.39 bits per heavy atom. The van der Waals surface area contributed by atoms with Gasteiger partial charge in [-0.1, -0.05) is 0 Å². The van der Waals surface area contributed by atoms with Gasteiger partial charge in [0.05, 0.1) is 23.8 Å². The number of amides is 1. The van der Waals surface area contributed by atoms with E-state index in [1.807, 2.05) is 0 Å². The number of aromatic nitrogens is 3. The first-order valence-corrected chi connectivity index (χ1v) is 8.17. The number of carbonyl (C=O) groups excluding carboxylic acids is 1. The molecule has 0 spiro atoms. The third-order valence-electron chi connectivity index (χ3n) is 3.82. The highest BCUT2D eigenvalue weighted by atomic mass is 19.3. The first-order chi connectivity index (χ1) is 13.3. The summed E-state index contributed by atoms with van der Waals surface area (Å²) in [5.41, 5.74) is -0.721. The van der Waals surface area contributed by atoms with E-state index in [0.29, 0.717) is 6.61 Å². The van der Waals surface area contributed by atoms with Crippen molar-refractivity contribution < 1.29 is 23.2 Å². The van der Waals surface area contributed by atoms with Crippen LogP contribution in [0.3, 0.4) is 0 Å². The lowest BCUT2D eigenvalue weighted by molar-refractivity contribution is -0.384. The second-order valence-corrected chi connectivity index (χ2v) is 5.74.